The Morgan fingerprint density at radius 2 is 2.05 bits per heavy atom. The highest BCUT2D eigenvalue weighted by atomic mass is 35.5. The third-order valence-electron chi connectivity index (χ3n) is 2.81. The van der Waals surface area contributed by atoms with Crippen LogP contribution in [-0.4, -0.2) is 22.1 Å². The summed E-state index contributed by atoms with van der Waals surface area (Å²) in [4.78, 5) is 8.66. The number of aryl methyl sites for hydroxylation is 1. The lowest BCUT2D eigenvalue weighted by Crippen LogP contribution is -2.20. The van der Waals surface area contributed by atoms with Crippen LogP contribution in [0, 0.1) is 5.41 Å². The summed E-state index contributed by atoms with van der Waals surface area (Å²) >= 11 is 12.1. The molecule has 1 aromatic carbocycles. The third-order valence-corrected chi connectivity index (χ3v) is 3.35. The van der Waals surface area contributed by atoms with E-state index in [1.54, 1.807) is 30.7 Å². The second kappa shape index (κ2) is 6.71. The Kier molecular flexibility index (Phi) is 5.14. The molecule has 118 valence electrons. The van der Waals surface area contributed by atoms with Gasteiger partial charge in [0, 0.05) is 12.1 Å². The van der Waals surface area contributed by atoms with Gasteiger partial charge >= 0.3 is 0 Å². The lowest BCUT2D eigenvalue weighted by Gasteiger charge is -2.20. The summed E-state index contributed by atoms with van der Waals surface area (Å²) in [7, 11) is 1.89. The number of ether oxygens (including phenoxy) is 1. The lowest BCUT2D eigenvalue weighted by atomic mass is 9.99. The van der Waals surface area contributed by atoms with Crippen LogP contribution in [-0.2, 0) is 11.8 Å². The molecular formula is C16H19Cl2N3O. The van der Waals surface area contributed by atoms with Crippen LogP contribution in [0.4, 0.5) is 5.69 Å². The first-order valence-corrected chi connectivity index (χ1v) is 7.65. The molecule has 0 unspecified atom stereocenters. The summed E-state index contributed by atoms with van der Waals surface area (Å²) in [6, 6.07) is 5.17. The number of benzene rings is 1. The minimum Gasteiger partial charge on any atom is -0.476 e. The molecule has 22 heavy (non-hydrogen) atoms. The molecule has 4 nitrogen and oxygen atoms in total. The van der Waals surface area contributed by atoms with E-state index in [-0.39, 0.29) is 5.41 Å². The van der Waals surface area contributed by atoms with Crippen LogP contribution < -0.4 is 0 Å². The molecule has 0 aliphatic rings. The highest BCUT2D eigenvalue weighted by Crippen LogP contribution is 2.29. The van der Waals surface area contributed by atoms with Crippen LogP contribution >= 0.6 is 23.2 Å². The van der Waals surface area contributed by atoms with Crippen molar-refractivity contribution >= 4 is 34.8 Å². The summed E-state index contributed by atoms with van der Waals surface area (Å²) in [6.07, 6.45) is 3.42. The first-order chi connectivity index (χ1) is 10.3. The van der Waals surface area contributed by atoms with E-state index < -0.39 is 0 Å². The average Bonchev–Trinajstić information content (AvgIpc) is 2.82. The van der Waals surface area contributed by atoms with E-state index in [9.17, 15) is 0 Å². The number of aromatic nitrogens is 2. The fourth-order valence-electron chi connectivity index (χ4n) is 1.69. The van der Waals surface area contributed by atoms with E-state index in [4.69, 9.17) is 27.9 Å². The SMILES string of the molecule is Cn1cncc1/C(=N/c1ccc(Cl)cc1Cl)OCC(C)(C)C. The number of hydrogen-bond acceptors (Lipinski definition) is 3. The zero-order valence-electron chi connectivity index (χ0n) is 13.1. The Bertz CT molecular complexity index is 687. The van der Waals surface area contributed by atoms with Crippen molar-refractivity contribution in [2.75, 3.05) is 6.61 Å². The van der Waals surface area contributed by atoms with Crippen molar-refractivity contribution in [1.82, 2.24) is 9.55 Å². The number of nitrogens with zero attached hydrogens (tertiary/aromatic N) is 3. The van der Waals surface area contributed by atoms with Crippen molar-refractivity contribution < 1.29 is 4.74 Å². The van der Waals surface area contributed by atoms with Gasteiger partial charge in [0.25, 0.3) is 0 Å². The van der Waals surface area contributed by atoms with Gasteiger partial charge in [-0.1, -0.05) is 44.0 Å². The monoisotopic (exact) mass is 339 g/mol. The molecule has 0 aliphatic carbocycles. The Balaban J connectivity index is 2.39. The molecule has 0 radical (unpaired) electrons. The number of aliphatic imine (C=N–C) groups is 1. The summed E-state index contributed by atoms with van der Waals surface area (Å²) in [5.74, 6) is 0.485. The fourth-order valence-corrected chi connectivity index (χ4v) is 2.14. The smallest absolute Gasteiger partial charge is 0.240 e. The second-order valence-corrected chi connectivity index (χ2v) is 7.10. The second-order valence-electron chi connectivity index (χ2n) is 6.25. The minimum absolute atomic E-state index is 0.0170. The summed E-state index contributed by atoms with van der Waals surface area (Å²) < 4.78 is 7.77. The third kappa shape index (κ3) is 4.49. The highest BCUT2D eigenvalue weighted by Gasteiger charge is 2.16. The molecule has 0 fully saturated rings. The van der Waals surface area contributed by atoms with E-state index in [0.717, 1.165) is 5.69 Å². The van der Waals surface area contributed by atoms with Gasteiger partial charge in [0.1, 0.15) is 5.69 Å². The Labute approximate surface area is 140 Å². The molecule has 0 amide bonds. The summed E-state index contributed by atoms with van der Waals surface area (Å²) in [6.45, 7) is 6.83. The normalized spacial score (nSPS) is 12.5. The molecule has 0 N–H and O–H groups in total. The van der Waals surface area contributed by atoms with Crippen LogP contribution in [0.15, 0.2) is 35.7 Å². The summed E-state index contributed by atoms with van der Waals surface area (Å²) in [5.41, 5.74) is 1.41. The predicted octanol–water partition coefficient (Wildman–Crippen LogP) is 4.87. The van der Waals surface area contributed by atoms with Crippen molar-refractivity contribution in [2.24, 2.45) is 17.5 Å². The summed E-state index contributed by atoms with van der Waals surface area (Å²) in [5, 5.41) is 1.05. The van der Waals surface area contributed by atoms with E-state index >= 15 is 0 Å². The average molecular weight is 340 g/mol. The quantitative estimate of drug-likeness (QED) is 0.591. The number of rotatable bonds is 3. The maximum absolute atomic E-state index is 6.20. The number of imidazole rings is 1. The van der Waals surface area contributed by atoms with Gasteiger partial charge in [-0.25, -0.2) is 9.98 Å². The van der Waals surface area contributed by atoms with E-state index in [2.05, 4.69) is 30.7 Å². The molecule has 1 heterocycles. The maximum Gasteiger partial charge on any atom is 0.240 e. The minimum atomic E-state index is 0.0170. The fraction of sp³-hybridized carbons (Fsp3) is 0.375. The maximum atomic E-state index is 6.20. The van der Waals surface area contributed by atoms with E-state index in [0.29, 0.717) is 28.2 Å². The molecular weight excluding hydrogens is 321 g/mol. The van der Waals surface area contributed by atoms with Crippen molar-refractivity contribution in [2.45, 2.75) is 20.8 Å². The Hall–Kier alpha value is -1.52. The van der Waals surface area contributed by atoms with Gasteiger partial charge in [0.05, 0.1) is 29.8 Å². The molecule has 0 spiro atoms. The van der Waals surface area contributed by atoms with Crippen LogP contribution in [0.25, 0.3) is 0 Å². The molecule has 0 bridgehead atoms. The van der Waals surface area contributed by atoms with Gasteiger partial charge in [-0.15, -0.1) is 0 Å². The van der Waals surface area contributed by atoms with Gasteiger partial charge in [0.2, 0.25) is 5.90 Å². The van der Waals surface area contributed by atoms with Crippen molar-refractivity contribution in [3.63, 3.8) is 0 Å². The Morgan fingerprint density at radius 1 is 1.32 bits per heavy atom. The standard InChI is InChI=1S/C16H19Cl2N3O/c1-16(2,3)9-22-15(14-8-19-10-21(14)4)20-13-6-5-11(17)7-12(13)18/h5-8,10H,9H2,1-4H3/b20-15-. The molecule has 0 saturated carbocycles. The van der Waals surface area contributed by atoms with E-state index in [1.165, 1.54) is 0 Å². The molecule has 1 aromatic heterocycles. The molecule has 2 rings (SSSR count). The Morgan fingerprint density at radius 3 is 2.59 bits per heavy atom. The number of halogens is 2. The van der Waals surface area contributed by atoms with E-state index in [1.807, 2.05) is 11.6 Å². The van der Waals surface area contributed by atoms with Crippen molar-refractivity contribution in [3.05, 3.63) is 46.5 Å². The van der Waals surface area contributed by atoms with Crippen LogP contribution in [0.2, 0.25) is 10.0 Å². The largest absolute Gasteiger partial charge is 0.476 e. The van der Waals surface area contributed by atoms with Crippen LogP contribution in [0.5, 0.6) is 0 Å². The number of hydrogen-bond donors (Lipinski definition) is 0. The van der Waals surface area contributed by atoms with Gasteiger partial charge in [-0.2, -0.15) is 0 Å². The molecule has 0 aliphatic heterocycles. The molecule has 2 aromatic rings. The van der Waals surface area contributed by atoms with Crippen molar-refractivity contribution in [1.29, 1.82) is 0 Å². The van der Waals surface area contributed by atoms with Gasteiger partial charge in [0.15, 0.2) is 0 Å². The van der Waals surface area contributed by atoms with Crippen molar-refractivity contribution in [3.8, 4) is 0 Å². The zero-order chi connectivity index (χ0) is 16.3. The predicted molar refractivity (Wildman–Crippen MR) is 91.3 cm³/mol. The highest BCUT2D eigenvalue weighted by molar-refractivity contribution is 6.36. The lowest BCUT2D eigenvalue weighted by molar-refractivity contribution is 0.187. The first kappa shape index (κ1) is 16.8. The van der Waals surface area contributed by atoms with Gasteiger partial charge in [-0.3, -0.25) is 0 Å². The molecule has 6 heteroatoms. The zero-order valence-corrected chi connectivity index (χ0v) is 14.6. The van der Waals surface area contributed by atoms with Gasteiger partial charge in [-0.05, 0) is 23.6 Å². The topological polar surface area (TPSA) is 39.4 Å². The van der Waals surface area contributed by atoms with Crippen LogP contribution in [0.1, 0.15) is 26.5 Å². The first-order valence-electron chi connectivity index (χ1n) is 6.89. The van der Waals surface area contributed by atoms with Gasteiger partial charge < -0.3 is 9.30 Å². The van der Waals surface area contributed by atoms with Crippen LogP contribution in [0.3, 0.4) is 0 Å². The molecule has 0 atom stereocenters. The molecule has 0 saturated heterocycles.